The van der Waals surface area contributed by atoms with Crippen LogP contribution in [0.5, 0.6) is 5.75 Å². The zero-order valence-corrected chi connectivity index (χ0v) is 12.5. The first kappa shape index (κ1) is 16.2. The molecule has 1 aliphatic rings. The van der Waals surface area contributed by atoms with Crippen LogP contribution in [0.25, 0.3) is 0 Å². The van der Waals surface area contributed by atoms with Crippen molar-refractivity contribution in [3.05, 3.63) is 54.9 Å². The molecule has 0 aromatic carbocycles. The number of aromatic nitrogens is 1. The molecule has 0 amide bonds. The molecule has 118 valence electrons. The topological polar surface area (TPSA) is 34.2 Å². The first-order chi connectivity index (χ1) is 10.7. The summed E-state index contributed by atoms with van der Waals surface area (Å²) in [5.41, 5.74) is 0.843. The fourth-order valence-corrected chi connectivity index (χ4v) is 2.46. The van der Waals surface area contributed by atoms with Gasteiger partial charge in [0.2, 0.25) is 0 Å². The van der Waals surface area contributed by atoms with Gasteiger partial charge in [0.1, 0.15) is 23.9 Å². The van der Waals surface area contributed by atoms with Crippen molar-refractivity contribution >= 4 is 5.82 Å². The van der Waals surface area contributed by atoms with Gasteiger partial charge in [-0.25, -0.2) is 13.8 Å². The summed E-state index contributed by atoms with van der Waals surface area (Å²) in [6.45, 7) is 3.61. The molecule has 0 saturated heterocycles. The van der Waals surface area contributed by atoms with Gasteiger partial charge in [0.25, 0.3) is 0 Å². The van der Waals surface area contributed by atoms with Crippen molar-refractivity contribution < 1.29 is 13.5 Å². The molecule has 5 heteroatoms. The minimum Gasteiger partial charge on any atom is -0.495 e. The number of allylic oxidation sites excluding steroid dienone is 4. The van der Waals surface area contributed by atoms with Crippen molar-refractivity contribution in [2.75, 3.05) is 12.4 Å². The summed E-state index contributed by atoms with van der Waals surface area (Å²) >= 11 is 0. The number of halogens is 2. The molecular formula is C17H20F2N2O. The van der Waals surface area contributed by atoms with E-state index in [9.17, 15) is 8.78 Å². The molecule has 3 nitrogen and oxygen atoms in total. The maximum atomic E-state index is 14.0. The molecule has 2 rings (SSSR count). The summed E-state index contributed by atoms with van der Waals surface area (Å²) in [4.78, 5) is 4.24. The van der Waals surface area contributed by atoms with Crippen LogP contribution in [0, 0.1) is 5.92 Å². The third-order valence-electron chi connectivity index (χ3n) is 3.68. The summed E-state index contributed by atoms with van der Waals surface area (Å²) in [6, 6.07) is 1.82. The van der Waals surface area contributed by atoms with E-state index in [4.69, 9.17) is 4.74 Å². The van der Waals surface area contributed by atoms with Crippen LogP contribution in [0.2, 0.25) is 0 Å². The Labute approximate surface area is 129 Å². The Morgan fingerprint density at radius 3 is 2.59 bits per heavy atom. The van der Waals surface area contributed by atoms with Gasteiger partial charge >= 0.3 is 0 Å². The molecule has 2 atom stereocenters. The lowest BCUT2D eigenvalue weighted by molar-refractivity contribution is 0.177. The average Bonchev–Trinajstić information content (AvgIpc) is 2.68. The van der Waals surface area contributed by atoms with Gasteiger partial charge in [-0.15, -0.1) is 0 Å². The Bertz CT molecular complexity index is 554. The molecule has 0 radical (unpaired) electrons. The Balaban J connectivity index is 2.13. The summed E-state index contributed by atoms with van der Waals surface area (Å²) in [6.07, 6.45) is 7.28. The van der Waals surface area contributed by atoms with Gasteiger partial charge in [-0.2, -0.15) is 0 Å². The number of hydrogen-bond donors (Lipinski definition) is 1. The number of rotatable bonds is 6. The van der Waals surface area contributed by atoms with Gasteiger partial charge in [0.05, 0.1) is 13.3 Å². The zero-order valence-electron chi connectivity index (χ0n) is 12.5. The second-order valence-electron chi connectivity index (χ2n) is 5.09. The first-order valence-corrected chi connectivity index (χ1v) is 7.19. The first-order valence-electron chi connectivity index (χ1n) is 7.19. The second kappa shape index (κ2) is 7.73. The van der Waals surface area contributed by atoms with E-state index in [0.29, 0.717) is 24.4 Å². The van der Waals surface area contributed by atoms with Crippen LogP contribution in [-0.4, -0.2) is 24.4 Å². The largest absolute Gasteiger partial charge is 0.495 e. The van der Waals surface area contributed by atoms with Crippen LogP contribution in [0.3, 0.4) is 0 Å². The van der Waals surface area contributed by atoms with E-state index in [1.807, 2.05) is 6.07 Å². The molecule has 1 aromatic rings. The van der Waals surface area contributed by atoms with Gasteiger partial charge in [-0.3, -0.25) is 0 Å². The predicted octanol–water partition coefficient (Wildman–Crippen LogP) is 4.00. The molecular weight excluding hydrogens is 286 g/mol. The Morgan fingerprint density at radius 2 is 2.00 bits per heavy atom. The quantitative estimate of drug-likeness (QED) is 0.862. The van der Waals surface area contributed by atoms with Crippen molar-refractivity contribution in [1.82, 2.24) is 4.98 Å². The number of alkyl halides is 2. The molecule has 22 heavy (non-hydrogen) atoms. The van der Waals surface area contributed by atoms with Crippen LogP contribution >= 0.6 is 0 Å². The van der Waals surface area contributed by atoms with Crippen molar-refractivity contribution in [1.29, 1.82) is 0 Å². The monoisotopic (exact) mass is 306 g/mol. The molecule has 0 saturated carbocycles. The van der Waals surface area contributed by atoms with Crippen molar-refractivity contribution in [3.63, 3.8) is 0 Å². The number of nitrogens with zero attached hydrogens (tertiary/aromatic N) is 1. The lowest BCUT2D eigenvalue weighted by Gasteiger charge is -2.20. The van der Waals surface area contributed by atoms with E-state index in [0.717, 1.165) is 5.56 Å². The molecule has 0 aliphatic heterocycles. The summed E-state index contributed by atoms with van der Waals surface area (Å²) in [5, 5.41) is 2.93. The number of ether oxygens (including phenoxy) is 1. The van der Waals surface area contributed by atoms with Gasteiger partial charge in [-0.05, 0) is 30.7 Å². The molecule has 0 fully saturated rings. The van der Waals surface area contributed by atoms with Crippen molar-refractivity contribution in [2.45, 2.75) is 25.2 Å². The third-order valence-corrected chi connectivity index (χ3v) is 3.68. The highest BCUT2D eigenvalue weighted by atomic mass is 19.1. The number of pyridine rings is 1. The van der Waals surface area contributed by atoms with E-state index in [-0.39, 0.29) is 0 Å². The van der Waals surface area contributed by atoms with E-state index in [1.165, 1.54) is 18.4 Å². The highest BCUT2D eigenvalue weighted by Crippen LogP contribution is 2.28. The van der Waals surface area contributed by atoms with E-state index in [2.05, 4.69) is 16.9 Å². The smallest absolute Gasteiger partial charge is 0.137 e. The number of methoxy groups -OCH3 is 1. The SMILES string of the molecule is C=CNc1ncc(OC)cc1CCC1C(F)C=CC=CC1F. The Morgan fingerprint density at radius 1 is 1.32 bits per heavy atom. The molecule has 1 N–H and O–H groups in total. The number of nitrogens with one attached hydrogen (secondary N) is 1. The van der Waals surface area contributed by atoms with Crippen LogP contribution in [-0.2, 0) is 6.42 Å². The third kappa shape index (κ3) is 3.93. The predicted molar refractivity (Wildman–Crippen MR) is 84.5 cm³/mol. The van der Waals surface area contributed by atoms with Crippen LogP contribution in [0.4, 0.5) is 14.6 Å². The molecule has 0 bridgehead atoms. The normalized spacial score (nSPS) is 23.9. The van der Waals surface area contributed by atoms with E-state index < -0.39 is 18.3 Å². The number of anilines is 1. The minimum absolute atomic E-state index is 0.373. The summed E-state index contributed by atoms with van der Waals surface area (Å²) < 4.78 is 33.2. The number of hydrogen-bond acceptors (Lipinski definition) is 3. The maximum absolute atomic E-state index is 14.0. The second-order valence-corrected chi connectivity index (χ2v) is 5.09. The molecule has 0 spiro atoms. The maximum Gasteiger partial charge on any atom is 0.137 e. The molecule has 2 unspecified atom stereocenters. The van der Waals surface area contributed by atoms with Gasteiger partial charge < -0.3 is 10.1 Å². The lowest BCUT2D eigenvalue weighted by Crippen LogP contribution is -2.23. The molecule has 1 heterocycles. The fourth-order valence-electron chi connectivity index (χ4n) is 2.46. The van der Waals surface area contributed by atoms with Crippen LogP contribution in [0.15, 0.2) is 49.3 Å². The highest BCUT2D eigenvalue weighted by molar-refractivity contribution is 5.48. The Hall–Kier alpha value is -2.17. The van der Waals surface area contributed by atoms with Gasteiger partial charge in [0.15, 0.2) is 0 Å². The zero-order chi connectivity index (χ0) is 15.9. The summed E-state index contributed by atoms with van der Waals surface area (Å²) in [7, 11) is 1.55. The van der Waals surface area contributed by atoms with Crippen molar-refractivity contribution in [3.8, 4) is 5.75 Å². The lowest BCUT2D eigenvalue weighted by atomic mass is 9.91. The summed E-state index contributed by atoms with van der Waals surface area (Å²) in [5.74, 6) is 0.540. The standard InChI is InChI=1S/C17H20F2N2O/c1-3-20-17-12(10-13(22-2)11-21-17)8-9-14-15(18)6-4-5-7-16(14)19/h3-7,10-11,14-16H,1,8-9H2,2H3,(H,20,21). The molecule has 1 aliphatic carbocycles. The molecule has 1 aromatic heterocycles. The minimum atomic E-state index is -1.29. The van der Waals surface area contributed by atoms with Crippen LogP contribution < -0.4 is 10.1 Å². The fraction of sp³-hybridized carbons (Fsp3) is 0.353. The Kier molecular flexibility index (Phi) is 5.69. The van der Waals surface area contributed by atoms with E-state index >= 15 is 0 Å². The highest BCUT2D eigenvalue weighted by Gasteiger charge is 2.27. The van der Waals surface area contributed by atoms with Crippen molar-refractivity contribution in [2.24, 2.45) is 5.92 Å². The van der Waals surface area contributed by atoms with Crippen LogP contribution in [0.1, 0.15) is 12.0 Å². The van der Waals surface area contributed by atoms with E-state index in [1.54, 1.807) is 25.5 Å². The van der Waals surface area contributed by atoms with Gasteiger partial charge in [-0.1, -0.05) is 30.9 Å². The average molecular weight is 306 g/mol. The van der Waals surface area contributed by atoms with Gasteiger partial charge in [0, 0.05) is 5.92 Å². The number of aryl methyl sites for hydroxylation is 1.